The highest BCUT2D eigenvalue weighted by Crippen LogP contribution is 2.17. The van der Waals surface area contributed by atoms with Crippen LogP contribution in [0.4, 0.5) is 0 Å². The minimum Gasteiger partial charge on any atom is -0.392 e. The predicted octanol–water partition coefficient (Wildman–Crippen LogP) is 1.45. The Morgan fingerprint density at radius 2 is 2.06 bits per heavy atom. The zero-order chi connectivity index (χ0) is 13.2. The molecule has 3 N–H and O–H groups in total. The van der Waals surface area contributed by atoms with Gasteiger partial charge in [-0.05, 0) is 19.3 Å². The first-order valence-corrected chi connectivity index (χ1v) is 7.41. The van der Waals surface area contributed by atoms with Crippen molar-refractivity contribution in [2.45, 2.75) is 70.1 Å². The van der Waals surface area contributed by atoms with Gasteiger partial charge in [0.15, 0.2) is 0 Å². The largest absolute Gasteiger partial charge is 0.392 e. The Bertz CT molecular complexity index is 201. The van der Waals surface area contributed by atoms with Crippen LogP contribution < -0.4 is 5.32 Å². The van der Waals surface area contributed by atoms with E-state index in [1.807, 2.05) is 0 Å². The summed E-state index contributed by atoms with van der Waals surface area (Å²) in [7, 11) is 0. The molecule has 1 fully saturated rings. The number of hydrogen-bond donors (Lipinski definition) is 3. The van der Waals surface area contributed by atoms with Crippen molar-refractivity contribution in [2.75, 3.05) is 19.8 Å². The Morgan fingerprint density at radius 1 is 1.28 bits per heavy atom. The van der Waals surface area contributed by atoms with Crippen molar-refractivity contribution in [3.63, 3.8) is 0 Å². The lowest BCUT2D eigenvalue weighted by molar-refractivity contribution is 0.0298. The maximum absolute atomic E-state index is 9.93. The molecule has 18 heavy (non-hydrogen) atoms. The molecule has 108 valence electrons. The number of nitrogens with one attached hydrogen (secondary N) is 1. The third-order valence-electron chi connectivity index (χ3n) is 3.55. The molecule has 4 nitrogen and oxygen atoms in total. The Balaban J connectivity index is 2.10. The quantitative estimate of drug-likeness (QED) is 0.456. The zero-order valence-electron chi connectivity index (χ0n) is 11.6. The highest BCUT2D eigenvalue weighted by Gasteiger charge is 2.21. The van der Waals surface area contributed by atoms with Crippen LogP contribution in [0, 0.1) is 0 Å². The van der Waals surface area contributed by atoms with E-state index in [4.69, 9.17) is 4.74 Å². The summed E-state index contributed by atoms with van der Waals surface area (Å²) in [6.45, 7) is 3.73. The molecule has 0 aromatic carbocycles. The van der Waals surface area contributed by atoms with Crippen molar-refractivity contribution >= 4 is 0 Å². The molecule has 1 saturated carbocycles. The van der Waals surface area contributed by atoms with E-state index < -0.39 is 6.10 Å². The monoisotopic (exact) mass is 259 g/mol. The fourth-order valence-electron chi connectivity index (χ4n) is 2.34. The first-order valence-electron chi connectivity index (χ1n) is 7.41. The average Bonchev–Trinajstić information content (AvgIpc) is 2.57. The molecule has 1 aliphatic rings. The van der Waals surface area contributed by atoms with Crippen LogP contribution in [-0.2, 0) is 4.74 Å². The molecular weight excluding hydrogens is 230 g/mol. The first kappa shape index (κ1) is 15.9. The van der Waals surface area contributed by atoms with Crippen LogP contribution in [-0.4, -0.2) is 48.2 Å². The van der Waals surface area contributed by atoms with Crippen LogP contribution in [0.15, 0.2) is 0 Å². The maximum atomic E-state index is 9.93. The van der Waals surface area contributed by atoms with E-state index in [1.165, 1.54) is 6.42 Å². The van der Waals surface area contributed by atoms with Gasteiger partial charge in [-0.15, -0.1) is 0 Å². The van der Waals surface area contributed by atoms with E-state index in [0.717, 1.165) is 45.1 Å². The van der Waals surface area contributed by atoms with E-state index >= 15 is 0 Å². The van der Waals surface area contributed by atoms with Crippen LogP contribution in [0.2, 0.25) is 0 Å². The topological polar surface area (TPSA) is 61.7 Å². The molecule has 0 amide bonds. The number of hydrogen-bond acceptors (Lipinski definition) is 4. The summed E-state index contributed by atoms with van der Waals surface area (Å²) in [5, 5.41) is 23.0. The Kier molecular flexibility index (Phi) is 8.59. The zero-order valence-corrected chi connectivity index (χ0v) is 11.6. The second kappa shape index (κ2) is 9.73. The minimum atomic E-state index is -0.475. The van der Waals surface area contributed by atoms with E-state index in [1.54, 1.807) is 0 Å². The molecule has 1 aliphatic carbocycles. The summed E-state index contributed by atoms with van der Waals surface area (Å²) in [6, 6.07) is 0.137. The number of rotatable bonds is 8. The van der Waals surface area contributed by atoms with Crippen molar-refractivity contribution in [2.24, 2.45) is 0 Å². The van der Waals surface area contributed by atoms with E-state index in [0.29, 0.717) is 13.2 Å². The number of aliphatic hydroxyl groups is 2. The molecule has 1 rings (SSSR count). The molecule has 0 aromatic rings. The summed E-state index contributed by atoms with van der Waals surface area (Å²) >= 11 is 0. The van der Waals surface area contributed by atoms with Gasteiger partial charge in [-0.2, -0.15) is 0 Å². The molecule has 0 spiro atoms. The van der Waals surface area contributed by atoms with Gasteiger partial charge in [0, 0.05) is 19.2 Å². The number of aliphatic hydroxyl groups excluding tert-OH is 2. The van der Waals surface area contributed by atoms with E-state index in [-0.39, 0.29) is 12.1 Å². The van der Waals surface area contributed by atoms with Gasteiger partial charge < -0.3 is 20.3 Å². The second-order valence-corrected chi connectivity index (χ2v) is 5.30. The predicted molar refractivity (Wildman–Crippen MR) is 72.6 cm³/mol. The lowest BCUT2D eigenvalue weighted by Crippen LogP contribution is -2.43. The fraction of sp³-hybridized carbons (Fsp3) is 1.00. The summed E-state index contributed by atoms with van der Waals surface area (Å²) in [6.07, 6.45) is 6.78. The molecule has 0 radical (unpaired) electrons. The lowest BCUT2D eigenvalue weighted by Gasteiger charge is -2.23. The normalized spacial score (nSPS) is 26.8. The van der Waals surface area contributed by atoms with Crippen molar-refractivity contribution in [3.8, 4) is 0 Å². The number of ether oxygens (including phenoxy) is 1. The van der Waals surface area contributed by atoms with Crippen LogP contribution in [0.25, 0.3) is 0 Å². The van der Waals surface area contributed by atoms with Gasteiger partial charge in [0.05, 0.1) is 18.8 Å². The number of unbranched alkanes of at least 4 members (excludes halogenated alkanes) is 1. The molecule has 0 aromatic heterocycles. The molecule has 0 bridgehead atoms. The molecular formula is C14H29NO3. The van der Waals surface area contributed by atoms with Crippen molar-refractivity contribution < 1.29 is 14.9 Å². The van der Waals surface area contributed by atoms with Crippen molar-refractivity contribution in [1.29, 1.82) is 0 Å². The standard InChI is InChI=1S/C14H29NO3/c1-2-3-9-18-11-12(16)10-15-13-7-5-4-6-8-14(13)17/h12-17H,2-11H2,1H3. The second-order valence-electron chi connectivity index (χ2n) is 5.30. The minimum absolute atomic E-state index is 0.137. The van der Waals surface area contributed by atoms with Crippen molar-refractivity contribution in [3.05, 3.63) is 0 Å². The van der Waals surface area contributed by atoms with Gasteiger partial charge in [0.1, 0.15) is 0 Å². The highest BCUT2D eigenvalue weighted by atomic mass is 16.5. The Hall–Kier alpha value is -0.160. The van der Waals surface area contributed by atoms with Gasteiger partial charge in [0.2, 0.25) is 0 Å². The summed E-state index contributed by atoms with van der Waals surface area (Å²) in [5.74, 6) is 0. The molecule has 0 aliphatic heterocycles. The highest BCUT2D eigenvalue weighted by molar-refractivity contribution is 4.79. The molecule has 3 unspecified atom stereocenters. The third-order valence-corrected chi connectivity index (χ3v) is 3.55. The molecule has 4 heteroatoms. The maximum Gasteiger partial charge on any atom is 0.0897 e. The van der Waals surface area contributed by atoms with Gasteiger partial charge >= 0.3 is 0 Å². The smallest absolute Gasteiger partial charge is 0.0897 e. The van der Waals surface area contributed by atoms with Crippen LogP contribution in [0.1, 0.15) is 51.9 Å². The van der Waals surface area contributed by atoms with Crippen molar-refractivity contribution in [1.82, 2.24) is 5.32 Å². The average molecular weight is 259 g/mol. The first-order chi connectivity index (χ1) is 8.74. The van der Waals surface area contributed by atoms with Crippen LogP contribution >= 0.6 is 0 Å². The van der Waals surface area contributed by atoms with Gasteiger partial charge in [0.25, 0.3) is 0 Å². The fourth-order valence-corrected chi connectivity index (χ4v) is 2.34. The van der Waals surface area contributed by atoms with E-state index in [2.05, 4.69) is 12.2 Å². The van der Waals surface area contributed by atoms with Gasteiger partial charge in [-0.25, -0.2) is 0 Å². The van der Waals surface area contributed by atoms with E-state index in [9.17, 15) is 10.2 Å². The van der Waals surface area contributed by atoms with Gasteiger partial charge in [-0.3, -0.25) is 0 Å². The summed E-state index contributed by atoms with van der Waals surface area (Å²) in [4.78, 5) is 0. The summed E-state index contributed by atoms with van der Waals surface area (Å²) in [5.41, 5.74) is 0. The Morgan fingerprint density at radius 3 is 2.83 bits per heavy atom. The molecule has 0 saturated heterocycles. The SMILES string of the molecule is CCCCOCC(O)CNC1CCCCCC1O. The van der Waals surface area contributed by atoms with Gasteiger partial charge in [-0.1, -0.05) is 32.6 Å². The molecule has 0 heterocycles. The van der Waals surface area contributed by atoms with Crippen LogP contribution in [0.5, 0.6) is 0 Å². The summed E-state index contributed by atoms with van der Waals surface area (Å²) < 4.78 is 5.37. The molecule has 3 atom stereocenters. The Labute approximate surface area is 111 Å². The lowest BCUT2D eigenvalue weighted by atomic mass is 10.1. The van der Waals surface area contributed by atoms with Crippen LogP contribution in [0.3, 0.4) is 0 Å². The third kappa shape index (κ3) is 6.69.